The monoisotopic (exact) mass is 335 g/mol. The van der Waals surface area contributed by atoms with Gasteiger partial charge in [-0.25, -0.2) is 0 Å². The Hall–Kier alpha value is -1.09. The second-order valence-corrected chi connectivity index (χ2v) is 6.65. The molecular formula is C13H10IN3. The van der Waals surface area contributed by atoms with Gasteiger partial charge in [0.1, 0.15) is 0 Å². The molecule has 1 heterocycles. The van der Waals surface area contributed by atoms with Gasteiger partial charge in [-0.2, -0.15) is 10.4 Å². The number of hydrogen-bond acceptors (Lipinski definition) is 2. The number of benzene rings is 1. The molecule has 3 aliphatic carbocycles. The van der Waals surface area contributed by atoms with E-state index in [9.17, 15) is 0 Å². The minimum absolute atomic E-state index is 0.0124. The van der Waals surface area contributed by atoms with Crippen molar-refractivity contribution in [3.63, 3.8) is 0 Å². The summed E-state index contributed by atoms with van der Waals surface area (Å²) in [6.45, 7) is 0. The van der Waals surface area contributed by atoms with E-state index >= 15 is 0 Å². The Balaban J connectivity index is 1.82. The van der Waals surface area contributed by atoms with Crippen LogP contribution in [0.1, 0.15) is 19.3 Å². The van der Waals surface area contributed by atoms with Gasteiger partial charge in [0, 0.05) is 8.96 Å². The summed E-state index contributed by atoms with van der Waals surface area (Å²) < 4.78 is 3.39. The van der Waals surface area contributed by atoms with Gasteiger partial charge in [0.25, 0.3) is 0 Å². The zero-order valence-electron chi connectivity index (χ0n) is 9.15. The molecule has 3 saturated carbocycles. The normalized spacial score (nSPS) is 33.9. The predicted octanol–water partition coefficient (Wildman–Crippen LogP) is 3.04. The quantitative estimate of drug-likeness (QED) is 0.752. The molecule has 0 spiro atoms. The molecule has 3 aliphatic rings. The molecule has 0 amide bonds. The third kappa shape index (κ3) is 1.08. The van der Waals surface area contributed by atoms with Crippen LogP contribution in [0.4, 0.5) is 0 Å². The second-order valence-electron chi connectivity index (χ2n) is 5.41. The first-order valence-electron chi connectivity index (χ1n) is 5.72. The molecule has 2 bridgehead atoms. The molecule has 3 fully saturated rings. The Bertz CT molecular complexity index is 660. The van der Waals surface area contributed by atoms with Crippen molar-refractivity contribution in [3.8, 4) is 6.07 Å². The number of rotatable bonds is 1. The van der Waals surface area contributed by atoms with Crippen molar-refractivity contribution in [3.05, 3.63) is 28.0 Å². The Morgan fingerprint density at radius 1 is 1.35 bits per heavy atom. The van der Waals surface area contributed by atoms with Crippen LogP contribution in [0.2, 0.25) is 0 Å². The highest BCUT2D eigenvalue weighted by Crippen LogP contribution is 2.71. The average Bonchev–Trinajstić information content (AvgIpc) is 2.58. The SMILES string of the molecule is N#CC12CC(n3ncc4cc(I)ccc43)(C1)C2. The second kappa shape index (κ2) is 2.83. The maximum atomic E-state index is 9.06. The fourth-order valence-corrected chi connectivity index (χ4v) is 3.97. The van der Waals surface area contributed by atoms with Crippen LogP contribution >= 0.6 is 22.6 Å². The zero-order valence-corrected chi connectivity index (χ0v) is 11.3. The molecule has 84 valence electrons. The van der Waals surface area contributed by atoms with Gasteiger partial charge in [-0.1, -0.05) is 0 Å². The van der Waals surface area contributed by atoms with Crippen LogP contribution in [0.25, 0.3) is 10.9 Å². The van der Waals surface area contributed by atoms with Gasteiger partial charge in [-0.3, -0.25) is 4.68 Å². The first-order chi connectivity index (χ1) is 8.16. The van der Waals surface area contributed by atoms with E-state index in [1.807, 2.05) is 6.20 Å². The average molecular weight is 335 g/mol. The van der Waals surface area contributed by atoms with E-state index in [1.54, 1.807) is 0 Å². The molecule has 0 radical (unpaired) electrons. The van der Waals surface area contributed by atoms with Crippen LogP contribution in [0, 0.1) is 20.3 Å². The van der Waals surface area contributed by atoms with E-state index in [4.69, 9.17) is 5.26 Å². The third-order valence-electron chi connectivity index (χ3n) is 4.22. The standard InChI is InChI=1S/C13H10IN3/c14-10-1-2-11-9(3-10)4-16-17(11)13-5-12(6-13,7-13)8-15/h1-4H,5-7H2. The summed E-state index contributed by atoms with van der Waals surface area (Å²) in [7, 11) is 0. The number of fused-ring (bicyclic) bond motifs is 1. The van der Waals surface area contributed by atoms with Crippen LogP contribution in [0.15, 0.2) is 24.4 Å². The molecule has 17 heavy (non-hydrogen) atoms. The van der Waals surface area contributed by atoms with Gasteiger partial charge >= 0.3 is 0 Å². The first-order valence-corrected chi connectivity index (χ1v) is 6.79. The summed E-state index contributed by atoms with van der Waals surface area (Å²) in [5.41, 5.74) is 1.35. The Morgan fingerprint density at radius 3 is 2.82 bits per heavy atom. The highest BCUT2D eigenvalue weighted by atomic mass is 127. The highest BCUT2D eigenvalue weighted by molar-refractivity contribution is 14.1. The van der Waals surface area contributed by atoms with E-state index in [-0.39, 0.29) is 11.0 Å². The summed E-state index contributed by atoms with van der Waals surface area (Å²) in [6.07, 6.45) is 4.90. The number of aromatic nitrogens is 2. The molecule has 5 rings (SSSR count). The van der Waals surface area contributed by atoms with Crippen molar-refractivity contribution < 1.29 is 0 Å². The van der Waals surface area contributed by atoms with Crippen LogP contribution in [0.3, 0.4) is 0 Å². The van der Waals surface area contributed by atoms with Crippen molar-refractivity contribution in [2.75, 3.05) is 0 Å². The molecule has 0 atom stereocenters. The van der Waals surface area contributed by atoms with E-state index in [2.05, 4.69) is 56.6 Å². The van der Waals surface area contributed by atoms with Crippen molar-refractivity contribution >= 4 is 33.5 Å². The number of halogens is 1. The number of nitrogens with zero attached hydrogens (tertiary/aromatic N) is 3. The van der Waals surface area contributed by atoms with E-state index < -0.39 is 0 Å². The predicted molar refractivity (Wildman–Crippen MR) is 72.3 cm³/mol. The van der Waals surface area contributed by atoms with Crippen molar-refractivity contribution in [2.45, 2.75) is 24.8 Å². The highest BCUT2D eigenvalue weighted by Gasteiger charge is 2.70. The lowest BCUT2D eigenvalue weighted by molar-refractivity contribution is -0.150. The summed E-state index contributed by atoms with van der Waals surface area (Å²) in [5.74, 6) is 0. The van der Waals surface area contributed by atoms with E-state index in [0.717, 1.165) is 19.3 Å². The minimum atomic E-state index is -0.0124. The molecule has 1 aromatic carbocycles. The molecule has 1 aromatic heterocycles. The Kier molecular flexibility index (Phi) is 1.65. The Labute approximate surface area is 113 Å². The topological polar surface area (TPSA) is 41.6 Å². The van der Waals surface area contributed by atoms with Crippen molar-refractivity contribution in [2.24, 2.45) is 5.41 Å². The van der Waals surface area contributed by atoms with Gasteiger partial charge < -0.3 is 0 Å². The lowest BCUT2D eigenvalue weighted by Gasteiger charge is -2.66. The van der Waals surface area contributed by atoms with Crippen LogP contribution in [0.5, 0.6) is 0 Å². The molecule has 0 N–H and O–H groups in total. The third-order valence-corrected chi connectivity index (χ3v) is 4.89. The molecule has 2 aromatic rings. The summed E-state index contributed by atoms with van der Waals surface area (Å²) in [5, 5.41) is 14.8. The fraction of sp³-hybridized carbons (Fsp3) is 0.385. The Morgan fingerprint density at radius 2 is 2.12 bits per heavy atom. The van der Waals surface area contributed by atoms with Gasteiger partial charge in [0.05, 0.1) is 28.7 Å². The zero-order chi connectivity index (χ0) is 11.7. The largest absolute Gasteiger partial charge is 0.259 e. The van der Waals surface area contributed by atoms with Crippen LogP contribution in [-0.4, -0.2) is 9.78 Å². The molecule has 0 saturated heterocycles. The lowest BCUT2D eigenvalue weighted by atomic mass is 9.40. The fourth-order valence-electron chi connectivity index (χ4n) is 3.46. The molecule has 3 nitrogen and oxygen atoms in total. The maximum absolute atomic E-state index is 9.06. The van der Waals surface area contributed by atoms with Gasteiger partial charge in [-0.15, -0.1) is 0 Å². The van der Waals surface area contributed by atoms with Gasteiger partial charge in [0.2, 0.25) is 0 Å². The van der Waals surface area contributed by atoms with Crippen molar-refractivity contribution in [1.82, 2.24) is 9.78 Å². The maximum Gasteiger partial charge on any atom is 0.0692 e. The molecular weight excluding hydrogens is 325 g/mol. The number of nitriles is 1. The van der Waals surface area contributed by atoms with Crippen molar-refractivity contribution in [1.29, 1.82) is 5.26 Å². The van der Waals surface area contributed by atoms with E-state index in [0.29, 0.717) is 0 Å². The smallest absolute Gasteiger partial charge is 0.0692 e. The van der Waals surface area contributed by atoms with Crippen LogP contribution < -0.4 is 0 Å². The molecule has 0 aliphatic heterocycles. The lowest BCUT2D eigenvalue weighted by Crippen LogP contribution is -2.67. The van der Waals surface area contributed by atoms with Crippen LogP contribution in [-0.2, 0) is 5.54 Å². The minimum Gasteiger partial charge on any atom is -0.259 e. The first kappa shape index (κ1) is 9.89. The van der Waals surface area contributed by atoms with Gasteiger partial charge in [-0.05, 0) is 60.1 Å². The summed E-state index contributed by atoms with van der Waals surface area (Å²) >= 11 is 2.32. The molecule has 4 heteroatoms. The molecule has 0 unspecified atom stereocenters. The van der Waals surface area contributed by atoms with E-state index in [1.165, 1.54) is 14.5 Å². The summed E-state index contributed by atoms with van der Waals surface area (Å²) in [4.78, 5) is 0. The van der Waals surface area contributed by atoms with Gasteiger partial charge in [0.15, 0.2) is 0 Å². The summed E-state index contributed by atoms with van der Waals surface area (Å²) in [6, 6.07) is 8.86. The number of hydrogen-bond donors (Lipinski definition) is 0.